The predicted octanol–water partition coefficient (Wildman–Crippen LogP) is 2.28. The maximum absolute atomic E-state index is 11.8. The van der Waals surface area contributed by atoms with E-state index in [1.807, 2.05) is 5.38 Å². The summed E-state index contributed by atoms with van der Waals surface area (Å²) in [7, 11) is 1.42. The van der Waals surface area contributed by atoms with Gasteiger partial charge in [0.1, 0.15) is 6.04 Å². The lowest BCUT2D eigenvalue weighted by Crippen LogP contribution is -2.38. The van der Waals surface area contributed by atoms with Gasteiger partial charge in [-0.3, -0.25) is 5.32 Å². The number of hydrogen-bond acceptors (Lipinski definition) is 5. The molecule has 0 amide bonds. The summed E-state index contributed by atoms with van der Waals surface area (Å²) in [6.45, 7) is 0. The molecule has 1 heterocycles. The van der Waals surface area contributed by atoms with Gasteiger partial charge < -0.3 is 4.74 Å². The first-order valence-electron chi connectivity index (χ1n) is 6.03. The Morgan fingerprint density at radius 3 is 2.88 bits per heavy atom. The predicted molar refractivity (Wildman–Crippen MR) is 66.9 cm³/mol. The Morgan fingerprint density at radius 1 is 1.53 bits per heavy atom. The second kappa shape index (κ2) is 6.12. The van der Waals surface area contributed by atoms with E-state index in [9.17, 15) is 4.79 Å². The van der Waals surface area contributed by atoms with E-state index in [1.54, 1.807) is 5.51 Å². The summed E-state index contributed by atoms with van der Waals surface area (Å²) in [5, 5.41) is 5.28. The summed E-state index contributed by atoms with van der Waals surface area (Å²) in [6.07, 6.45) is 6.05. The Balaban J connectivity index is 2.02. The van der Waals surface area contributed by atoms with Crippen LogP contribution in [0.1, 0.15) is 43.8 Å². The minimum Gasteiger partial charge on any atom is -0.468 e. The molecule has 1 aromatic rings. The standard InChI is InChI=1S/C12H18N2O2S/c1-16-12(15)11(10-7-17-8-13-10)14-9-5-3-2-4-6-9/h7-9,11,14H,2-6H2,1H3. The molecule has 1 N–H and O–H groups in total. The van der Waals surface area contributed by atoms with Crippen LogP contribution in [0.2, 0.25) is 0 Å². The third kappa shape index (κ3) is 3.26. The van der Waals surface area contributed by atoms with Crippen LogP contribution in [0.15, 0.2) is 10.9 Å². The van der Waals surface area contributed by atoms with Crippen molar-refractivity contribution in [1.82, 2.24) is 10.3 Å². The van der Waals surface area contributed by atoms with Crippen LogP contribution in [0.4, 0.5) is 0 Å². The Hall–Kier alpha value is -0.940. The molecule has 0 saturated heterocycles. The molecule has 5 heteroatoms. The number of nitrogens with zero attached hydrogens (tertiary/aromatic N) is 1. The van der Waals surface area contributed by atoms with E-state index in [0.717, 1.165) is 18.5 Å². The molecule has 1 aromatic heterocycles. The van der Waals surface area contributed by atoms with Crippen molar-refractivity contribution >= 4 is 17.3 Å². The average molecular weight is 254 g/mol. The number of rotatable bonds is 4. The number of methoxy groups -OCH3 is 1. The van der Waals surface area contributed by atoms with Crippen LogP contribution in [0, 0.1) is 0 Å². The molecule has 0 radical (unpaired) electrons. The molecule has 1 fully saturated rings. The number of thiazole rings is 1. The monoisotopic (exact) mass is 254 g/mol. The normalized spacial score (nSPS) is 18.9. The van der Waals surface area contributed by atoms with Crippen LogP contribution in [0.25, 0.3) is 0 Å². The number of esters is 1. The molecule has 0 bridgehead atoms. The minimum absolute atomic E-state index is 0.249. The molecule has 1 aliphatic carbocycles. The number of carbonyl (C=O) groups is 1. The van der Waals surface area contributed by atoms with E-state index >= 15 is 0 Å². The fourth-order valence-electron chi connectivity index (χ4n) is 2.26. The lowest BCUT2D eigenvalue weighted by Gasteiger charge is -2.26. The molecule has 0 aliphatic heterocycles. The van der Waals surface area contributed by atoms with Crippen LogP contribution in [0.5, 0.6) is 0 Å². The van der Waals surface area contributed by atoms with Crippen molar-refractivity contribution in [3.05, 3.63) is 16.6 Å². The van der Waals surface area contributed by atoms with Gasteiger partial charge >= 0.3 is 5.97 Å². The molecule has 17 heavy (non-hydrogen) atoms. The van der Waals surface area contributed by atoms with Gasteiger partial charge in [-0.15, -0.1) is 11.3 Å². The van der Waals surface area contributed by atoms with E-state index in [0.29, 0.717) is 6.04 Å². The van der Waals surface area contributed by atoms with Crippen LogP contribution in [-0.4, -0.2) is 24.1 Å². The second-order valence-corrected chi connectivity index (χ2v) is 5.09. The lowest BCUT2D eigenvalue weighted by molar-refractivity contribution is -0.143. The zero-order chi connectivity index (χ0) is 12.1. The number of carbonyl (C=O) groups excluding carboxylic acids is 1. The van der Waals surface area contributed by atoms with Gasteiger partial charge in [0.05, 0.1) is 18.3 Å². The van der Waals surface area contributed by atoms with Crippen molar-refractivity contribution in [3.63, 3.8) is 0 Å². The van der Waals surface area contributed by atoms with Crippen molar-refractivity contribution in [2.75, 3.05) is 7.11 Å². The first-order chi connectivity index (χ1) is 8.31. The fraction of sp³-hybridized carbons (Fsp3) is 0.667. The van der Waals surface area contributed by atoms with Crippen LogP contribution >= 0.6 is 11.3 Å². The Bertz CT molecular complexity index is 347. The number of hydrogen-bond donors (Lipinski definition) is 1. The molecule has 1 aliphatic rings. The quantitative estimate of drug-likeness (QED) is 0.838. The van der Waals surface area contributed by atoms with Gasteiger partial charge in [0.25, 0.3) is 0 Å². The smallest absolute Gasteiger partial charge is 0.329 e. The molecule has 4 nitrogen and oxygen atoms in total. The van der Waals surface area contributed by atoms with E-state index in [1.165, 1.54) is 37.7 Å². The second-order valence-electron chi connectivity index (χ2n) is 4.37. The maximum atomic E-state index is 11.8. The highest BCUT2D eigenvalue weighted by Crippen LogP contribution is 2.22. The average Bonchev–Trinajstić information content (AvgIpc) is 2.90. The topological polar surface area (TPSA) is 51.2 Å². The maximum Gasteiger partial charge on any atom is 0.329 e. The van der Waals surface area contributed by atoms with Crippen LogP contribution < -0.4 is 5.32 Å². The van der Waals surface area contributed by atoms with Crippen molar-refractivity contribution < 1.29 is 9.53 Å². The molecular weight excluding hydrogens is 236 g/mol. The zero-order valence-electron chi connectivity index (χ0n) is 10.0. The Morgan fingerprint density at radius 2 is 2.29 bits per heavy atom. The largest absolute Gasteiger partial charge is 0.468 e. The van der Waals surface area contributed by atoms with Crippen LogP contribution in [-0.2, 0) is 9.53 Å². The van der Waals surface area contributed by atoms with Crippen LogP contribution in [0.3, 0.4) is 0 Å². The van der Waals surface area contributed by atoms with Gasteiger partial charge in [-0.25, -0.2) is 9.78 Å². The SMILES string of the molecule is COC(=O)C(NC1CCCCC1)c1cscn1. The lowest BCUT2D eigenvalue weighted by atomic mass is 9.94. The summed E-state index contributed by atoms with van der Waals surface area (Å²) in [6, 6.07) is 0.00361. The van der Waals surface area contributed by atoms with E-state index in [4.69, 9.17) is 4.74 Å². The third-order valence-corrected chi connectivity index (χ3v) is 3.80. The van der Waals surface area contributed by atoms with Crippen molar-refractivity contribution in [2.24, 2.45) is 0 Å². The van der Waals surface area contributed by atoms with E-state index in [2.05, 4.69) is 10.3 Å². The van der Waals surface area contributed by atoms with Crippen molar-refractivity contribution in [3.8, 4) is 0 Å². The summed E-state index contributed by atoms with van der Waals surface area (Å²) in [5.74, 6) is -0.249. The highest BCUT2D eigenvalue weighted by Gasteiger charge is 2.26. The molecule has 0 spiro atoms. The summed E-state index contributed by atoms with van der Waals surface area (Å²) >= 11 is 1.50. The summed E-state index contributed by atoms with van der Waals surface area (Å²) in [5.41, 5.74) is 2.51. The molecule has 1 unspecified atom stereocenters. The van der Waals surface area contributed by atoms with Gasteiger partial charge in [-0.2, -0.15) is 0 Å². The Labute approximate surface area is 105 Å². The number of ether oxygens (including phenoxy) is 1. The van der Waals surface area contributed by atoms with Gasteiger partial charge in [0.15, 0.2) is 0 Å². The van der Waals surface area contributed by atoms with Gasteiger partial charge in [-0.1, -0.05) is 19.3 Å². The van der Waals surface area contributed by atoms with Crippen molar-refractivity contribution in [1.29, 1.82) is 0 Å². The minimum atomic E-state index is -0.408. The number of aromatic nitrogens is 1. The molecule has 2 rings (SSSR count). The highest BCUT2D eigenvalue weighted by molar-refractivity contribution is 7.07. The first kappa shape index (κ1) is 12.5. The fourth-order valence-corrected chi connectivity index (χ4v) is 2.84. The van der Waals surface area contributed by atoms with Gasteiger partial charge in [-0.05, 0) is 12.8 Å². The molecule has 1 saturated carbocycles. The molecule has 1 atom stereocenters. The van der Waals surface area contributed by atoms with E-state index < -0.39 is 6.04 Å². The van der Waals surface area contributed by atoms with Gasteiger partial charge in [0.2, 0.25) is 0 Å². The first-order valence-corrected chi connectivity index (χ1v) is 6.97. The number of nitrogens with one attached hydrogen (secondary N) is 1. The molecule has 0 aromatic carbocycles. The summed E-state index contributed by atoms with van der Waals surface area (Å²) in [4.78, 5) is 16.0. The summed E-state index contributed by atoms with van der Waals surface area (Å²) < 4.78 is 4.84. The van der Waals surface area contributed by atoms with Gasteiger partial charge in [0, 0.05) is 11.4 Å². The molecular formula is C12H18N2O2S. The highest BCUT2D eigenvalue weighted by atomic mass is 32.1. The van der Waals surface area contributed by atoms with E-state index in [-0.39, 0.29) is 5.97 Å². The van der Waals surface area contributed by atoms with Crippen molar-refractivity contribution in [2.45, 2.75) is 44.2 Å². The molecule has 94 valence electrons. The third-order valence-electron chi connectivity index (χ3n) is 3.19. The zero-order valence-corrected chi connectivity index (χ0v) is 10.8. The Kier molecular flexibility index (Phi) is 4.50.